The molecule has 2 aromatic rings. The summed E-state index contributed by atoms with van der Waals surface area (Å²) in [6.07, 6.45) is 3.19. The quantitative estimate of drug-likeness (QED) is 0.607. The summed E-state index contributed by atoms with van der Waals surface area (Å²) in [5, 5.41) is 7.55. The third-order valence-corrected chi connectivity index (χ3v) is 9.86. The van der Waals surface area contributed by atoms with Gasteiger partial charge in [0.05, 0.1) is 5.56 Å². The van der Waals surface area contributed by atoms with E-state index in [-0.39, 0.29) is 28.3 Å². The number of rotatable bonds is 4. The Morgan fingerprint density at radius 2 is 1.68 bits per heavy atom. The maximum atomic E-state index is 13.1. The number of aryl methyl sites for hydroxylation is 1. The van der Waals surface area contributed by atoms with Crippen LogP contribution in [0.15, 0.2) is 12.3 Å². The van der Waals surface area contributed by atoms with Gasteiger partial charge in [-0.15, -0.1) is 0 Å². The summed E-state index contributed by atoms with van der Waals surface area (Å²) < 4.78 is 39.2. The van der Waals surface area contributed by atoms with Crippen molar-refractivity contribution < 1.29 is 18.0 Å². The number of hydrogen-bond acceptors (Lipinski definition) is 4. The second-order valence-corrected chi connectivity index (χ2v) is 12.8. The number of pyridine rings is 1. The van der Waals surface area contributed by atoms with E-state index in [1.807, 2.05) is 9.80 Å². The first-order chi connectivity index (χ1) is 17.5. The molecular weight excluding hydrogens is 481 g/mol. The number of aromatic nitrogens is 4. The number of likely N-dealkylation sites (tertiary alicyclic amines) is 2. The van der Waals surface area contributed by atoms with Gasteiger partial charge >= 0.3 is 12.2 Å². The van der Waals surface area contributed by atoms with Crippen molar-refractivity contribution in [2.24, 2.45) is 16.7 Å². The van der Waals surface area contributed by atoms with Gasteiger partial charge in [-0.05, 0) is 63.0 Å². The lowest BCUT2D eigenvalue weighted by Crippen LogP contribution is -2.71. The number of halogens is 3. The van der Waals surface area contributed by atoms with Gasteiger partial charge in [0.15, 0.2) is 5.82 Å². The maximum Gasteiger partial charge on any atom is 0.418 e. The number of urea groups is 1. The summed E-state index contributed by atoms with van der Waals surface area (Å²) in [5.74, 6) is 3.53. The van der Waals surface area contributed by atoms with Crippen LogP contribution in [0, 0.1) is 23.7 Å². The van der Waals surface area contributed by atoms with Crippen molar-refractivity contribution in [2.45, 2.75) is 76.3 Å². The zero-order valence-corrected chi connectivity index (χ0v) is 21.3. The lowest BCUT2D eigenvalue weighted by Gasteiger charge is -2.63. The van der Waals surface area contributed by atoms with Crippen LogP contribution in [0.1, 0.15) is 91.7 Å². The molecule has 2 aliphatic heterocycles. The Morgan fingerprint density at radius 3 is 2.24 bits per heavy atom. The van der Waals surface area contributed by atoms with Crippen LogP contribution in [0.4, 0.5) is 18.0 Å². The summed E-state index contributed by atoms with van der Waals surface area (Å²) in [4.78, 5) is 25.8. The highest BCUT2D eigenvalue weighted by molar-refractivity contribution is 5.77. The van der Waals surface area contributed by atoms with E-state index in [0.717, 1.165) is 75.4 Å². The van der Waals surface area contributed by atoms with Crippen molar-refractivity contribution >= 4 is 6.03 Å². The molecule has 2 aromatic heterocycles. The highest BCUT2D eigenvalue weighted by Gasteiger charge is 2.59. The number of amides is 2. The molecule has 7 nitrogen and oxygen atoms in total. The molecule has 1 atom stereocenters. The van der Waals surface area contributed by atoms with E-state index in [4.69, 9.17) is 4.98 Å². The first-order valence-electron chi connectivity index (χ1n) is 13.5. The summed E-state index contributed by atoms with van der Waals surface area (Å²) in [7, 11) is 0. The molecule has 3 saturated carbocycles. The van der Waals surface area contributed by atoms with Crippen LogP contribution >= 0.6 is 0 Å². The highest BCUT2D eigenvalue weighted by atomic mass is 19.4. The molecule has 5 aliphatic rings. The minimum atomic E-state index is -4.37. The molecular formula is C27H33F3N6O. The monoisotopic (exact) mass is 514 g/mol. The van der Waals surface area contributed by atoms with Crippen molar-refractivity contribution in [3.8, 4) is 0 Å². The number of carbonyl (C=O) groups is 1. The van der Waals surface area contributed by atoms with E-state index in [2.05, 4.69) is 22.1 Å². The molecule has 2 amide bonds. The Hall–Kier alpha value is -2.65. The highest BCUT2D eigenvalue weighted by Crippen LogP contribution is 2.58. The molecule has 1 N–H and O–H groups in total. The third-order valence-electron chi connectivity index (χ3n) is 9.86. The van der Waals surface area contributed by atoms with Gasteiger partial charge in [0, 0.05) is 66.7 Å². The van der Waals surface area contributed by atoms with Crippen LogP contribution in [0.3, 0.4) is 0 Å². The zero-order chi connectivity index (χ0) is 25.7. The predicted molar refractivity (Wildman–Crippen MR) is 129 cm³/mol. The average Bonchev–Trinajstić information content (AvgIpc) is 3.46. The molecule has 7 rings (SSSR count). The first-order valence-corrected chi connectivity index (χ1v) is 13.5. The number of nitrogens with zero attached hydrogens (tertiary/aromatic N) is 5. The van der Waals surface area contributed by atoms with Gasteiger partial charge in [0.25, 0.3) is 0 Å². The Bertz CT molecular complexity index is 1230. The fourth-order valence-electron chi connectivity index (χ4n) is 7.46. The van der Waals surface area contributed by atoms with Crippen LogP contribution in [-0.2, 0) is 6.18 Å². The van der Waals surface area contributed by atoms with Crippen molar-refractivity contribution in [2.75, 3.05) is 26.2 Å². The molecule has 37 heavy (non-hydrogen) atoms. The second kappa shape index (κ2) is 7.69. The topological polar surface area (TPSA) is 78.0 Å². The molecule has 2 saturated heterocycles. The number of carbonyl (C=O) groups excluding carboxylic acids is 1. The predicted octanol–water partition coefficient (Wildman–Crippen LogP) is 5.22. The Labute approximate surface area is 214 Å². The molecule has 4 heterocycles. The molecule has 0 aromatic carbocycles. The van der Waals surface area contributed by atoms with E-state index >= 15 is 0 Å². The Balaban J connectivity index is 0.866. The molecule has 0 bridgehead atoms. The molecule has 0 radical (unpaired) electrons. The SMILES string of the molecule is Cc1cc([C@@H](C)C2CC3(C2)CN(C(=O)N2CC4(CC(c5n[nH]c(C6CC6)n5)C4)C2)C3)ncc1C(F)(F)F. The van der Waals surface area contributed by atoms with Gasteiger partial charge in [0.1, 0.15) is 5.82 Å². The van der Waals surface area contributed by atoms with Crippen LogP contribution < -0.4 is 0 Å². The molecule has 10 heteroatoms. The smallest absolute Gasteiger partial charge is 0.323 e. The third kappa shape index (κ3) is 3.84. The maximum absolute atomic E-state index is 13.1. The van der Waals surface area contributed by atoms with Crippen molar-refractivity contribution in [3.05, 3.63) is 40.7 Å². The minimum Gasteiger partial charge on any atom is -0.323 e. The Morgan fingerprint density at radius 1 is 1.05 bits per heavy atom. The lowest BCUT2D eigenvalue weighted by molar-refractivity contribution is -0.138. The van der Waals surface area contributed by atoms with Crippen molar-refractivity contribution in [1.29, 1.82) is 0 Å². The molecule has 5 fully saturated rings. The number of aromatic amines is 1. The fourth-order valence-corrected chi connectivity index (χ4v) is 7.46. The Kier molecular flexibility index (Phi) is 4.88. The zero-order valence-electron chi connectivity index (χ0n) is 21.3. The summed E-state index contributed by atoms with van der Waals surface area (Å²) in [5.41, 5.74) is 0.744. The number of H-pyrrole nitrogens is 1. The van der Waals surface area contributed by atoms with E-state index < -0.39 is 11.7 Å². The van der Waals surface area contributed by atoms with Gasteiger partial charge in [-0.1, -0.05) is 6.92 Å². The van der Waals surface area contributed by atoms with Crippen LogP contribution in [0.5, 0.6) is 0 Å². The van der Waals surface area contributed by atoms with Gasteiger partial charge in [-0.3, -0.25) is 10.1 Å². The van der Waals surface area contributed by atoms with E-state index in [1.54, 1.807) is 6.07 Å². The van der Waals surface area contributed by atoms with Crippen molar-refractivity contribution in [3.63, 3.8) is 0 Å². The van der Waals surface area contributed by atoms with Gasteiger partial charge in [-0.2, -0.15) is 18.3 Å². The average molecular weight is 515 g/mol. The van der Waals surface area contributed by atoms with E-state index in [1.165, 1.54) is 19.8 Å². The minimum absolute atomic E-state index is 0.113. The van der Waals surface area contributed by atoms with Gasteiger partial charge < -0.3 is 9.80 Å². The molecule has 0 unspecified atom stereocenters. The van der Waals surface area contributed by atoms with Crippen molar-refractivity contribution in [1.82, 2.24) is 30.0 Å². The van der Waals surface area contributed by atoms with Crippen LogP contribution in [0.2, 0.25) is 0 Å². The van der Waals surface area contributed by atoms with Gasteiger partial charge in [-0.25, -0.2) is 9.78 Å². The van der Waals surface area contributed by atoms with E-state index in [0.29, 0.717) is 17.8 Å². The van der Waals surface area contributed by atoms with Gasteiger partial charge in [0.2, 0.25) is 0 Å². The normalized spacial score (nSPS) is 25.4. The standard InChI is InChI=1S/C27H33F3N6O/c1-15-5-21(31-10-20(15)27(28,29)30)16(2)18-6-25(7-18)11-35(12-25)24(37)36-13-26(14-36)8-19(9-26)23-32-22(33-34-23)17-3-4-17/h5,10,16-19H,3-4,6-9,11-14H2,1-2H3,(H,32,33,34)/t16-/m0/s1. The first kappa shape index (κ1) is 23.5. The van der Waals surface area contributed by atoms with Crippen LogP contribution in [0.25, 0.3) is 0 Å². The molecule has 3 aliphatic carbocycles. The fraction of sp³-hybridized carbons (Fsp3) is 0.704. The second-order valence-electron chi connectivity index (χ2n) is 12.8. The summed E-state index contributed by atoms with van der Waals surface area (Å²) in [6.45, 7) is 6.82. The van der Waals surface area contributed by atoms with E-state index in [9.17, 15) is 18.0 Å². The number of alkyl halides is 3. The largest absolute Gasteiger partial charge is 0.418 e. The van der Waals surface area contributed by atoms with Crippen LogP contribution in [-0.4, -0.2) is 62.2 Å². The summed E-state index contributed by atoms with van der Waals surface area (Å²) >= 11 is 0. The lowest BCUT2D eigenvalue weighted by atomic mass is 9.54. The number of hydrogen-bond donors (Lipinski definition) is 1. The summed E-state index contributed by atoms with van der Waals surface area (Å²) in [6, 6.07) is 1.75. The molecule has 2 spiro atoms. The number of nitrogens with one attached hydrogen (secondary N) is 1. The molecule has 198 valence electrons.